The van der Waals surface area contributed by atoms with Crippen molar-refractivity contribution in [2.75, 3.05) is 46.5 Å². The molecule has 0 N–H and O–H groups in total. The predicted octanol–water partition coefficient (Wildman–Crippen LogP) is 1.61. The summed E-state index contributed by atoms with van der Waals surface area (Å²) in [5.41, 5.74) is 0. The number of hydrogen-bond donors (Lipinski definition) is 0. The van der Waals surface area contributed by atoms with E-state index in [1.807, 2.05) is 0 Å². The average molecular weight is 370 g/mol. The van der Waals surface area contributed by atoms with Gasteiger partial charge in [-0.15, -0.1) is 0 Å². The second kappa shape index (κ2) is 15.2. The molecule has 0 bridgehead atoms. The molecule has 0 aromatic rings. The topological polar surface area (TPSA) is 71.1 Å². The molecule has 13 heteroatoms. The Kier molecular flexibility index (Phi) is 15.8. The molecule has 142 valence electrons. The minimum atomic E-state index is -5.13. The molecule has 0 aliphatic carbocycles. The van der Waals surface area contributed by atoms with E-state index < -0.39 is 45.3 Å². The summed E-state index contributed by atoms with van der Waals surface area (Å²) < 4.78 is 86.7. The van der Waals surface area contributed by atoms with E-state index in [1.165, 1.54) is 6.92 Å². The number of esters is 1. The lowest BCUT2D eigenvalue weighted by atomic mass is 10.2. The summed E-state index contributed by atoms with van der Waals surface area (Å²) in [6.45, 7) is -1.70. The average Bonchev–Trinajstić information content (AvgIpc) is 2.53. The van der Waals surface area contributed by atoms with Crippen LogP contribution in [0.1, 0.15) is 6.92 Å². The Morgan fingerprint density at radius 1 is 0.875 bits per heavy atom. The molecule has 0 aromatic carbocycles. The van der Waals surface area contributed by atoms with Gasteiger partial charge in [0, 0.05) is 0 Å². The van der Waals surface area contributed by atoms with Crippen molar-refractivity contribution in [2.24, 2.45) is 0 Å². The normalized spacial score (nSPS) is 10.6. The van der Waals surface area contributed by atoms with Gasteiger partial charge in [0.15, 0.2) is 0 Å². The molecular weight excluding hydrogens is 353 g/mol. The second-order valence-corrected chi connectivity index (χ2v) is 3.52. The molecule has 0 saturated carbocycles. The minimum absolute atomic E-state index is 0.219. The molecule has 0 spiro atoms. The highest BCUT2D eigenvalue weighted by molar-refractivity contribution is 6.36. The van der Waals surface area contributed by atoms with Crippen LogP contribution >= 0.6 is 0 Å². The summed E-state index contributed by atoms with van der Waals surface area (Å²) in [6, 6.07) is 0. The number of ether oxygens (including phenoxy) is 1. The Labute approximate surface area is 134 Å². The summed E-state index contributed by atoms with van der Waals surface area (Å²) in [5.74, 6) is -4.33. The maximum atomic E-state index is 11.6. The highest BCUT2D eigenvalue weighted by Crippen LogP contribution is 2.16. The Balaban J connectivity index is 0. The van der Waals surface area contributed by atoms with Crippen molar-refractivity contribution in [3.05, 3.63) is 0 Å². The van der Waals surface area contributed by atoms with Gasteiger partial charge >= 0.3 is 25.3 Å². The van der Waals surface area contributed by atoms with Crippen molar-refractivity contribution in [3.63, 3.8) is 0 Å². The summed E-state index contributed by atoms with van der Waals surface area (Å²) >= 11 is 0. The van der Waals surface area contributed by atoms with Crippen LogP contribution in [0.2, 0.25) is 0 Å². The van der Waals surface area contributed by atoms with Gasteiger partial charge in [-0.3, -0.25) is 4.79 Å². The van der Waals surface area contributed by atoms with E-state index >= 15 is 0 Å². The molecule has 0 rings (SSSR count). The van der Waals surface area contributed by atoms with Crippen LogP contribution in [0, 0.1) is 0 Å². The van der Waals surface area contributed by atoms with Gasteiger partial charge in [-0.05, 0) is 6.92 Å². The van der Waals surface area contributed by atoms with Crippen molar-refractivity contribution in [1.29, 1.82) is 0 Å². The van der Waals surface area contributed by atoms with Gasteiger partial charge < -0.3 is 18.7 Å². The number of alkyl halides is 6. The first kappa shape index (κ1) is 24.9. The fourth-order valence-corrected chi connectivity index (χ4v) is 0.879. The van der Waals surface area contributed by atoms with Crippen molar-refractivity contribution < 1.29 is 54.6 Å². The maximum Gasteiger partial charge on any atom is 0.639 e. The molecule has 0 unspecified atom stereocenters. The lowest BCUT2D eigenvalue weighted by Gasteiger charge is -2.11. The first-order valence-corrected chi connectivity index (χ1v) is 6.55. The summed E-state index contributed by atoms with van der Waals surface area (Å²) in [5, 5.41) is 0. The molecular formula is C11H17BF6O6. The number of Topliss-reactive ketones (excluding diaryl/α,β-unsaturated/α-hetero) is 1. The monoisotopic (exact) mass is 370 g/mol. The molecule has 0 amide bonds. The molecule has 0 aromatic heterocycles. The zero-order chi connectivity index (χ0) is 19.0. The van der Waals surface area contributed by atoms with Crippen molar-refractivity contribution >= 4 is 19.1 Å². The zero-order valence-electron chi connectivity index (χ0n) is 12.7. The summed E-state index contributed by atoms with van der Waals surface area (Å²) in [6.07, 6.45) is -5.13. The fourth-order valence-electron chi connectivity index (χ4n) is 0.879. The Morgan fingerprint density at radius 2 is 1.25 bits per heavy atom. The number of hydrogen-bond acceptors (Lipinski definition) is 6. The number of halogens is 6. The third-order valence-corrected chi connectivity index (χ3v) is 1.71. The fraction of sp³-hybridized carbons (Fsp3) is 0.818. The van der Waals surface area contributed by atoms with Gasteiger partial charge in [0.05, 0.1) is 26.4 Å². The largest absolute Gasteiger partial charge is 0.639 e. The standard InChI is InChI=1S/C6H12BF3O3.C5H5F3O3/c8-1-4-11-7(12-5-2-9)13-6-3-10;1-2-11-4(10)3(9)5(6,7)8/h1-6H2;2H2,1H3. The van der Waals surface area contributed by atoms with Gasteiger partial charge in [0.25, 0.3) is 0 Å². The van der Waals surface area contributed by atoms with Crippen LogP contribution in [0.4, 0.5) is 26.3 Å². The molecule has 6 nitrogen and oxygen atoms in total. The predicted molar refractivity (Wildman–Crippen MR) is 69.2 cm³/mol. The van der Waals surface area contributed by atoms with E-state index in [0.29, 0.717) is 0 Å². The lowest BCUT2D eigenvalue weighted by molar-refractivity contribution is -0.183. The van der Waals surface area contributed by atoms with Crippen molar-refractivity contribution in [3.8, 4) is 0 Å². The highest BCUT2D eigenvalue weighted by atomic mass is 19.4. The summed E-state index contributed by atoms with van der Waals surface area (Å²) in [4.78, 5) is 20.1. The molecule has 0 saturated heterocycles. The molecule has 24 heavy (non-hydrogen) atoms. The molecule has 0 aliphatic rings. The first-order chi connectivity index (χ1) is 11.2. The van der Waals surface area contributed by atoms with Crippen LogP contribution in [0.3, 0.4) is 0 Å². The van der Waals surface area contributed by atoms with Crippen molar-refractivity contribution in [1.82, 2.24) is 0 Å². The molecule has 0 radical (unpaired) electrons. The van der Waals surface area contributed by atoms with E-state index in [-0.39, 0.29) is 26.4 Å². The van der Waals surface area contributed by atoms with Gasteiger partial charge in [-0.2, -0.15) is 13.2 Å². The van der Waals surface area contributed by atoms with Gasteiger partial charge in [-0.1, -0.05) is 0 Å². The third-order valence-electron chi connectivity index (χ3n) is 1.71. The molecule has 0 aliphatic heterocycles. The quantitative estimate of drug-likeness (QED) is 0.238. The number of carbonyl (C=O) groups excluding carboxylic acids is 2. The van der Waals surface area contributed by atoms with Gasteiger partial charge in [-0.25, -0.2) is 18.0 Å². The van der Waals surface area contributed by atoms with Crippen LogP contribution in [-0.2, 0) is 28.3 Å². The van der Waals surface area contributed by atoms with E-state index in [1.54, 1.807) is 0 Å². The Hall–Kier alpha value is -1.34. The third kappa shape index (κ3) is 14.3. The van der Waals surface area contributed by atoms with Gasteiger partial charge in [0.1, 0.15) is 20.0 Å². The van der Waals surface area contributed by atoms with Crippen LogP contribution in [0.25, 0.3) is 0 Å². The lowest BCUT2D eigenvalue weighted by Crippen LogP contribution is -2.32. The Bertz CT molecular complexity index is 324. The number of ketones is 1. The number of carbonyl (C=O) groups is 2. The van der Waals surface area contributed by atoms with Crippen LogP contribution in [0.15, 0.2) is 0 Å². The molecule has 0 fully saturated rings. The number of rotatable bonds is 11. The smallest absolute Gasteiger partial charge is 0.460 e. The molecule has 0 heterocycles. The van der Waals surface area contributed by atoms with E-state index in [2.05, 4.69) is 18.7 Å². The first-order valence-electron chi connectivity index (χ1n) is 6.55. The minimum Gasteiger partial charge on any atom is -0.460 e. The summed E-state index contributed by atoms with van der Waals surface area (Å²) in [7, 11) is -1.18. The SMILES string of the molecule is CCOC(=O)C(=O)C(F)(F)F.FCCOB(OCCF)OCCF. The van der Waals surface area contributed by atoms with E-state index in [0.717, 1.165) is 0 Å². The zero-order valence-corrected chi connectivity index (χ0v) is 12.7. The van der Waals surface area contributed by atoms with E-state index in [4.69, 9.17) is 0 Å². The highest BCUT2D eigenvalue weighted by Gasteiger charge is 2.44. The maximum absolute atomic E-state index is 11.6. The van der Waals surface area contributed by atoms with Gasteiger partial charge in [0.2, 0.25) is 0 Å². The van der Waals surface area contributed by atoms with Crippen LogP contribution < -0.4 is 0 Å². The van der Waals surface area contributed by atoms with Crippen LogP contribution in [0.5, 0.6) is 0 Å². The van der Waals surface area contributed by atoms with Crippen molar-refractivity contribution in [2.45, 2.75) is 13.1 Å². The second-order valence-electron chi connectivity index (χ2n) is 3.52. The van der Waals surface area contributed by atoms with E-state index in [9.17, 15) is 35.9 Å². The Morgan fingerprint density at radius 3 is 1.50 bits per heavy atom. The molecule has 0 atom stereocenters. The van der Waals surface area contributed by atoms with Crippen LogP contribution in [-0.4, -0.2) is 71.7 Å².